The van der Waals surface area contributed by atoms with Crippen LogP contribution in [0.1, 0.15) is 76.0 Å². The van der Waals surface area contributed by atoms with Gasteiger partial charge in [0.2, 0.25) is 5.91 Å². The molecule has 420 valence electrons. The number of aromatic nitrogens is 10. The fraction of sp³-hybridized carbons (Fsp3) is 0.385. The number of halogens is 2. The van der Waals surface area contributed by atoms with Crippen LogP contribution in [0.25, 0.3) is 30.4 Å². The SMILES string of the molecule is COc1ccc(F)cc1[C@H](Cn1c(=O)n(C(C)(C)C(=O)O)c(=O)c2c(C)c(-n3nccn3)sc21)OC[C@@H](C)C#N.COc1ccc(F)cc1[C@H](Cn1c(=O)n(C(C)(C)C(N)=O)c(=O)c2c(C)c(-n3nccn3)sc21)OC[C@@H](C)C#N. The van der Waals surface area contributed by atoms with Crippen LogP contribution in [0.4, 0.5) is 8.78 Å². The van der Waals surface area contributed by atoms with Crippen LogP contribution < -0.4 is 37.7 Å². The zero-order valence-electron chi connectivity index (χ0n) is 45.0. The molecule has 6 aromatic heterocycles. The summed E-state index contributed by atoms with van der Waals surface area (Å²) in [7, 11) is 2.81. The predicted molar refractivity (Wildman–Crippen MR) is 288 cm³/mol. The topological polar surface area (TPSA) is 314 Å². The van der Waals surface area contributed by atoms with Gasteiger partial charge < -0.3 is 29.8 Å². The van der Waals surface area contributed by atoms with E-state index in [1.165, 1.54) is 122 Å². The summed E-state index contributed by atoms with van der Waals surface area (Å²) in [4.78, 5) is 83.2. The molecule has 6 heterocycles. The molecule has 0 aliphatic heterocycles. The van der Waals surface area contributed by atoms with Crippen molar-refractivity contribution in [1.82, 2.24) is 48.3 Å². The summed E-state index contributed by atoms with van der Waals surface area (Å²) in [6, 6.07) is 11.9. The first-order chi connectivity index (χ1) is 37.8. The number of hydrogen-bond donors (Lipinski definition) is 2. The number of thiophene rings is 2. The molecule has 3 N–H and O–H groups in total. The Morgan fingerprint density at radius 2 is 1.04 bits per heavy atom. The van der Waals surface area contributed by atoms with Gasteiger partial charge in [0.1, 0.15) is 66.1 Å². The molecule has 0 saturated heterocycles. The number of hydrogen-bond acceptors (Lipinski definition) is 18. The fourth-order valence-electron chi connectivity index (χ4n) is 8.53. The minimum absolute atomic E-state index is 0.0307. The van der Waals surface area contributed by atoms with Crippen LogP contribution in [-0.4, -0.2) is 92.7 Å². The second kappa shape index (κ2) is 23.7. The lowest BCUT2D eigenvalue weighted by molar-refractivity contribution is -0.146. The third kappa shape index (κ3) is 11.3. The minimum Gasteiger partial charge on any atom is -0.496 e. The van der Waals surface area contributed by atoms with Gasteiger partial charge in [-0.25, -0.2) is 32.3 Å². The van der Waals surface area contributed by atoms with Crippen molar-refractivity contribution in [2.24, 2.45) is 17.6 Å². The lowest BCUT2D eigenvalue weighted by atomic mass is 10.0. The van der Waals surface area contributed by atoms with Gasteiger partial charge in [-0.1, -0.05) is 22.7 Å². The highest BCUT2D eigenvalue weighted by Crippen LogP contribution is 2.37. The maximum absolute atomic E-state index is 14.4. The molecule has 0 radical (unpaired) electrons. The van der Waals surface area contributed by atoms with Gasteiger partial charge >= 0.3 is 17.3 Å². The molecule has 28 heteroatoms. The number of rotatable bonds is 20. The van der Waals surface area contributed by atoms with Gasteiger partial charge in [0.25, 0.3) is 11.1 Å². The van der Waals surface area contributed by atoms with Crippen LogP contribution in [0.3, 0.4) is 0 Å². The maximum atomic E-state index is 14.4. The second-order valence-electron chi connectivity index (χ2n) is 19.4. The van der Waals surface area contributed by atoms with Crippen LogP contribution in [0.15, 0.2) is 80.4 Å². The summed E-state index contributed by atoms with van der Waals surface area (Å²) in [6.45, 7) is 11.4. The number of carboxylic acid groups (broad SMARTS) is 1. The molecule has 8 aromatic rings. The molecule has 0 saturated carbocycles. The van der Waals surface area contributed by atoms with Gasteiger partial charge in [0.05, 0.1) is 100 Å². The number of carbonyl (C=O) groups excluding carboxylic acids is 1. The van der Waals surface area contributed by atoms with Gasteiger partial charge in [-0.3, -0.25) is 23.5 Å². The van der Waals surface area contributed by atoms with E-state index >= 15 is 0 Å². The molecule has 24 nitrogen and oxygen atoms in total. The zero-order valence-corrected chi connectivity index (χ0v) is 46.6. The normalized spacial score (nSPS) is 13.2. The molecule has 4 atom stereocenters. The molecule has 0 aliphatic rings. The standard InChI is InChI=1S/C26H28FN7O5S.C26H27FN6O6S/c1-14(11-28)13-39-19(17-10-16(27)6-7-18(17)38-5)12-32-23-20(15(2)22(40-23)34-30-8-9-31-34)21(35)33(25(32)37)26(3,4)24(29)36;1-14(11-28)13-39-19(17-10-16(27)6-7-18(17)38-5)12-31-23-20(15(2)22(40-23)33-29-8-9-30-33)21(34)32(25(31)37)26(3,4)24(35)36/h6-10,14,19H,12-13H2,1-5H3,(H2,29,36);6-10,14,19H,12-13H2,1-5H3,(H,35,36)/t2*14-,19-/m00/s1. The summed E-state index contributed by atoms with van der Waals surface area (Å²) >= 11 is 2.17. The average molecular weight is 1140 g/mol. The summed E-state index contributed by atoms with van der Waals surface area (Å²) < 4.78 is 55.8. The Balaban J connectivity index is 0.000000231. The number of nitriles is 2. The van der Waals surface area contributed by atoms with Crippen LogP contribution in [0.5, 0.6) is 11.5 Å². The number of carboxylic acids is 1. The van der Waals surface area contributed by atoms with Crippen molar-refractivity contribution in [3.8, 4) is 33.6 Å². The van der Waals surface area contributed by atoms with E-state index in [9.17, 15) is 53.2 Å². The molecule has 0 aliphatic carbocycles. The number of carbonyl (C=O) groups is 2. The van der Waals surface area contributed by atoms with E-state index in [1.54, 1.807) is 27.7 Å². The van der Waals surface area contributed by atoms with Crippen molar-refractivity contribution in [1.29, 1.82) is 10.5 Å². The van der Waals surface area contributed by atoms with Crippen LogP contribution >= 0.6 is 22.7 Å². The van der Waals surface area contributed by atoms with Crippen molar-refractivity contribution in [3.05, 3.63) is 137 Å². The molecule has 0 unspecified atom stereocenters. The van der Waals surface area contributed by atoms with Gasteiger partial charge in [0, 0.05) is 22.3 Å². The van der Waals surface area contributed by atoms with Crippen LogP contribution in [-0.2, 0) is 43.2 Å². The van der Waals surface area contributed by atoms with Crippen molar-refractivity contribution < 1.29 is 42.4 Å². The molecular weight excluding hydrogens is 1080 g/mol. The lowest BCUT2D eigenvalue weighted by Crippen LogP contribution is -2.54. The Labute approximate surface area is 461 Å². The van der Waals surface area contributed by atoms with Crippen molar-refractivity contribution in [3.63, 3.8) is 0 Å². The highest BCUT2D eigenvalue weighted by Gasteiger charge is 2.38. The Morgan fingerprint density at radius 3 is 1.36 bits per heavy atom. The molecule has 2 aromatic carbocycles. The quantitative estimate of drug-likeness (QED) is 0.0965. The van der Waals surface area contributed by atoms with E-state index in [0.29, 0.717) is 37.0 Å². The number of aliphatic carboxylic acids is 1. The number of nitrogens with two attached hydrogens (primary N) is 1. The van der Waals surface area contributed by atoms with Crippen molar-refractivity contribution in [2.75, 3.05) is 27.4 Å². The van der Waals surface area contributed by atoms with E-state index in [1.807, 2.05) is 0 Å². The Kier molecular flexibility index (Phi) is 17.5. The second-order valence-corrected chi connectivity index (χ2v) is 21.3. The maximum Gasteiger partial charge on any atom is 0.333 e. The van der Waals surface area contributed by atoms with E-state index in [0.717, 1.165) is 27.2 Å². The van der Waals surface area contributed by atoms with Gasteiger partial charge in [0.15, 0.2) is 0 Å². The summed E-state index contributed by atoms with van der Waals surface area (Å²) in [5, 5.41) is 46.3. The third-order valence-electron chi connectivity index (χ3n) is 13.1. The summed E-state index contributed by atoms with van der Waals surface area (Å²) in [5.41, 5.74) is 0.309. The van der Waals surface area contributed by atoms with Crippen LogP contribution in [0.2, 0.25) is 0 Å². The highest BCUT2D eigenvalue weighted by molar-refractivity contribution is 7.21. The molecule has 1 amide bonds. The molecule has 8 rings (SSSR count). The molecule has 0 spiro atoms. The monoisotopic (exact) mass is 1140 g/mol. The van der Waals surface area contributed by atoms with Gasteiger partial charge in [-0.15, -0.1) is 9.59 Å². The van der Waals surface area contributed by atoms with Gasteiger partial charge in [-0.2, -0.15) is 30.9 Å². The van der Waals surface area contributed by atoms with Gasteiger partial charge in [-0.05, 0) is 91.8 Å². The lowest BCUT2D eigenvalue weighted by Gasteiger charge is -2.26. The molecule has 0 bridgehead atoms. The molecular formula is C52H55F2N13O11S2. The average Bonchev–Trinajstić information content (AvgIpc) is 4.27. The number of methoxy groups -OCH3 is 2. The number of nitrogens with zero attached hydrogens (tertiary/aromatic N) is 12. The minimum atomic E-state index is -1.91. The fourth-order valence-corrected chi connectivity index (χ4v) is 11.0. The molecule has 80 heavy (non-hydrogen) atoms. The van der Waals surface area contributed by atoms with Crippen molar-refractivity contribution >= 4 is 55.0 Å². The first-order valence-corrected chi connectivity index (χ1v) is 26.0. The number of fused-ring (bicyclic) bond motifs is 2. The number of aryl methyl sites for hydroxylation is 2. The third-order valence-corrected chi connectivity index (χ3v) is 15.7. The number of benzene rings is 2. The Hall–Kier alpha value is -8.70. The largest absolute Gasteiger partial charge is 0.496 e. The van der Waals surface area contributed by atoms with E-state index in [2.05, 4.69) is 32.5 Å². The smallest absolute Gasteiger partial charge is 0.333 e. The number of primary amides is 1. The predicted octanol–water partition coefficient (Wildman–Crippen LogP) is 5.40. The first kappa shape index (κ1) is 59.0. The highest BCUT2D eigenvalue weighted by atomic mass is 32.1. The summed E-state index contributed by atoms with van der Waals surface area (Å²) in [5.74, 6) is -3.87. The van der Waals surface area contributed by atoms with E-state index in [4.69, 9.17) is 24.7 Å². The number of amides is 1. The Morgan fingerprint density at radius 1 is 0.675 bits per heavy atom. The molecule has 0 fully saturated rings. The zero-order chi connectivity index (χ0) is 58.7. The summed E-state index contributed by atoms with van der Waals surface area (Å²) in [6.07, 6.45) is 3.86. The number of ether oxygens (including phenoxy) is 4. The van der Waals surface area contributed by atoms with Crippen molar-refractivity contribution in [2.45, 2.75) is 91.8 Å². The van der Waals surface area contributed by atoms with Crippen LogP contribution in [0, 0.1) is 60.0 Å². The Bertz CT molecular complexity index is 3720. The van der Waals surface area contributed by atoms with E-state index in [-0.39, 0.29) is 58.0 Å². The first-order valence-electron chi connectivity index (χ1n) is 24.4. The van der Waals surface area contributed by atoms with E-state index < -0.39 is 81.1 Å².